The van der Waals surface area contributed by atoms with Crippen LogP contribution >= 0.6 is 11.6 Å². The predicted octanol–water partition coefficient (Wildman–Crippen LogP) is 2.96. The number of aromatic amines is 1. The fourth-order valence-electron chi connectivity index (χ4n) is 4.89. The van der Waals surface area contributed by atoms with Gasteiger partial charge >= 0.3 is 0 Å². The van der Waals surface area contributed by atoms with Gasteiger partial charge in [0, 0.05) is 67.9 Å². The molecule has 0 aliphatic carbocycles. The Labute approximate surface area is 233 Å². The Balaban J connectivity index is 1.33. The molecular weight excluding hydrogens is 520 g/mol. The third kappa shape index (κ3) is 7.45. The summed E-state index contributed by atoms with van der Waals surface area (Å²) in [6, 6.07) is 13.1. The van der Waals surface area contributed by atoms with Gasteiger partial charge in [-0.3, -0.25) is 19.4 Å². The van der Waals surface area contributed by atoms with E-state index in [1.54, 1.807) is 17.0 Å². The summed E-state index contributed by atoms with van der Waals surface area (Å²) >= 11 is 6.06. The summed E-state index contributed by atoms with van der Waals surface area (Å²) in [5.74, 6) is -0.377. The molecule has 0 atom stereocenters. The van der Waals surface area contributed by atoms with E-state index >= 15 is 0 Å². The van der Waals surface area contributed by atoms with Crippen LogP contribution in [0.1, 0.15) is 21.5 Å². The number of carbonyl (C=O) groups excluding carboxylic acids is 1. The molecule has 3 heterocycles. The first-order chi connectivity index (χ1) is 19.1. The Morgan fingerprint density at radius 3 is 2.33 bits per heavy atom. The van der Waals surface area contributed by atoms with Gasteiger partial charge in [-0.1, -0.05) is 29.8 Å². The molecule has 1 N–H and O–H groups in total. The standard InChI is InChI=1S/C29H35ClN4O5/c30-24-4-1-22(2-5-24)20-34(21-39-16-9-32-7-12-37-13-8-32)29(36)26-18-31-27-6-3-23(17-25(27)28(26)35)19-33-10-14-38-15-11-33/h1-6,17-18H,7-16,19-21H2,(H,31,35). The molecule has 0 bridgehead atoms. The van der Waals surface area contributed by atoms with E-state index in [9.17, 15) is 9.59 Å². The first-order valence-electron chi connectivity index (χ1n) is 13.4. The first-order valence-corrected chi connectivity index (χ1v) is 13.8. The van der Waals surface area contributed by atoms with E-state index in [1.165, 1.54) is 6.20 Å². The quantitative estimate of drug-likeness (QED) is 0.304. The van der Waals surface area contributed by atoms with Crippen LogP contribution in [0.15, 0.2) is 53.5 Å². The molecule has 2 aliphatic heterocycles. The van der Waals surface area contributed by atoms with Crippen molar-refractivity contribution in [3.63, 3.8) is 0 Å². The summed E-state index contributed by atoms with van der Waals surface area (Å²) in [4.78, 5) is 36.6. The number of halogens is 1. The van der Waals surface area contributed by atoms with Crippen LogP contribution in [0.25, 0.3) is 10.9 Å². The Morgan fingerprint density at radius 2 is 1.62 bits per heavy atom. The Kier molecular flexibility index (Phi) is 9.62. The Morgan fingerprint density at radius 1 is 0.949 bits per heavy atom. The summed E-state index contributed by atoms with van der Waals surface area (Å²) in [5.41, 5.74) is 2.44. The summed E-state index contributed by atoms with van der Waals surface area (Å²) in [7, 11) is 0. The van der Waals surface area contributed by atoms with Crippen LogP contribution in [-0.4, -0.2) is 98.1 Å². The summed E-state index contributed by atoms with van der Waals surface area (Å²) < 4.78 is 16.8. The van der Waals surface area contributed by atoms with Crippen molar-refractivity contribution < 1.29 is 19.0 Å². The normalized spacial score (nSPS) is 16.9. The third-order valence-corrected chi connectivity index (χ3v) is 7.41. The molecule has 10 heteroatoms. The molecule has 0 unspecified atom stereocenters. The molecule has 2 aromatic carbocycles. The zero-order valence-electron chi connectivity index (χ0n) is 22.1. The van der Waals surface area contributed by atoms with E-state index in [2.05, 4.69) is 14.8 Å². The topological polar surface area (TPSA) is 87.3 Å². The minimum Gasteiger partial charge on any atom is -0.379 e. The summed E-state index contributed by atoms with van der Waals surface area (Å²) in [6.45, 7) is 8.66. The van der Waals surface area contributed by atoms with Crippen molar-refractivity contribution >= 4 is 28.4 Å². The summed E-state index contributed by atoms with van der Waals surface area (Å²) in [5, 5.41) is 1.13. The highest BCUT2D eigenvalue weighted by molar-refractivity contribution is 6.30. The fraction of sp³-hybridized carbons (Fsp3) is 0.448. The van der Waals surface area contributed by atoms with Crippen molar-refractivity contribution in [1.82, 2.24) is 19.7 Å². The number of carbonyl (C=O) groups is 1. The van der Waals surface area contributed by atoms with Crippen molar-refractivity contribution in [3.8, 4) is 0 Å². The van der Waals surface area contributed by atoms with Gasteiger partial charge in [-0.15, -0.1) is 0 Å². The van der Waals surface area contributed by atoms with Gasteiger partial charge in [-0.25, -0.2) is 0 Å². The molecule has 5 rings (SSSR count). The second-order valence-corrected chi connectivity index (χ2v) is 10.4. The van der Waals surface area contributed by atoms with Crippen LogP contribution in [0.4, 0.5) is 0 Å². The van der Waals surface area contributed by atoms with Gasteiger partial charge in [0.25, 0.3) is 5.91 Å². The highest BCUT2D eigenvalue weighted by atomic mass is 35.5. The number of rotatable bonds is 10. The lowest BCUT2D eigenvalue weighted by Gasteiger charge is -2.27. The third-order valence-electron chi connectivity index (χ3n) is 7.16. The maximum Gasteiger partial charge on any atom is 0.261 e. The molecule has 1 amide bonds. The molecule has 9 nitrogen and oxygen atoms in total. The van der Waals surface area contributed by atoms with E-state index in [0.29, 0.717) is 42.3 Å². The number of fused-ring (bicyclic) bond motifs is 1. The van der Waals surface area contributed by atoms with Crippen molar-refractivity contribution in [2.24, 2.45) is 0 Å². The molecule has 2 saturated heterocycles. The number of amides is 1. The number of ether oxygens (including phenoxy) is 3. The first kappa shape index (κ1) is 27.8. The number of morpholine rings is 2. The monoisotopic (exact) mass is 554 g/mol. The second kappa shape index (κ2) is 13.5. The van der Waals surface area contributed by atoms with Gasteiger partial charge in [0.05, 0.1) is 33.0 Å². The van der Waals surface area contributed by atoms with Crippen LogP contribution in [0.5, 0.6) is 0 Å². The SMILES string of the molecule is O=C(c1c[nH]c2ccc(CN3CCOCC3)cc2c1=O)N(COCCN1CCOCC1)Cc1ccc(Cl)cc1. The molecule has 0 spiro atoms. The van der Waals surface area contributed by atoms with Crippen LogP contribution < -0.4 is 5.43 Å². The van der Waals surface area contributed by atoms with Crippen LogP contribution in [-0.2, 0) is 27.3 Å². The van der Waals surface area contributed by atoms with Gasteiger partial charge < -0.3 is 24.1 Å². The molecule has 0 saturated carbocycles. The zero-order chi connectivity index (χ0) is 27.0. The van der Waals surface area contributed by atoms with E-state index in [1.807, 2.05) is 30.3 Å². The van der Waals surface area contributed by atoms with E-state index in [-0.39, 0.29) is 23.6 Å². The van der Waals surface area contributed by atoms with Gasteiger partial charge in [-0.05, 0) is 35.4 Å². The second-order valence-electron chi connectivity index (χ2n) is 9.92. The minimum atomic E-state index is -0.377. The molecule has 208 valence electrons. The number of hydrogen-bond acceptors (Lipinski definition) is 7. The van der Waals surface area contributed by atoms with Crippen LogP contribution in [0.2, 0.25) is 5.02 Å². The highest BCUT2D eigenvalue weighted by Gasteiger charge is 2.22. The number of nitrogens with zero attached hydrogens (tertiary/aromatic N) is 3. The lowest BCUT2D eigenvalue weighted by atomic mass is 10.1. The van der Waals surface area contributed by atoms with Gasteiger partial charge in [0.1, 0.15) is 12.3 Å². The van der Waals surface area contributed by atoms with Crippen LogP contribution in [0, 0.1) is 0 Å². The number of aromatic nitrogens is 1. The molecule has 0 radical (unpaired) electrons. The van der Waals surface area contributed by atoms with E-state index in [4.69, 9.17) is 25.8 Å². The molecule has 2 aliphatic rings. The molecular formula is C29H35ClN4O5. The maximum atomic E-state index is 13.7. The average molecular weight is 555 g/mol. The smallest absolute Gasteiger partial charge is 0.261 e. The average Bonchev–Trinajstić information content (AvgIpc) is 2.97. The van der Waals surface area contributed by atoms with E-state index < -0.39 is 0 Å². The number of nitrogens with one attached hydrogen (secondary N) is 1. The van der Waals surface area contributed by atoms with Crippen molar-refractivity contribution in [2.45, 2.75) is 13.1 Å². The largest absolute Gasteiger partial charge is 0.379 e. The van der Waals surface area contributed by atoms with Gasteiger partial charge in [0.15, 0.2) is 0 Å². The van der Waals surface area contributed by atoms with Crippen LogP contribution in [0.3, 0.4) is 0 Å². The fourth-order valence-corrected chi connectivity index (χ4v) is 5.02. The maximum absolute atomic E-state index is 13.7. The van der Waals surface area contributed by atoms with Crippen molar-refractivity contribution in [3.05, 3.63) is 80.6 Å². The van der Waals surface area contributed by atoms with Crippen molar-refractivity contribution in [2.75, 3.05) is 72.5 Å². The molecule has 2 fully saturated rings. The molecule has 1 aromatic heterocycles. The minimum absolute atomic E-state index is 0.0698. The zero-order valence-corrected chi connectivity index (χ0v) is 22.8. The predicted molar refractivity (Wildman–Crippen MR) is 150 cm³/mol. The van der Waals surface area contributed by atoms with Gasteiger partial charge in [0.2, 0.25) is 5.43 Å². The molecule has 3 aromatic rings. The Hall–Kier alpha value is -2.79. The number of hydrogen-bond donors (Lipinski definition) is 1. The number of pyridine rings is 1. The molecule has 39 heavy (non-hydrogen) atoms. The summed E-state index contributed by atoms with van der Waals surface area (Å²) in [6.07, 6.45) is 1.51. The number of H-pyrrole nitrogens is 1. The highest BCUT2D eigenvalue weighted by Crippen LogP contribution is 2.17. The Bertz CT molecular complexity index is 1300. The number of benzene rings is 2. The van der Waals surface area contributed by atoms with Crippen molar-refractivity contribution in [1.29, 1.82) is 0 Å². The van der Waals surface area contributed by atoms with Gasteiger partial charge in [-0.2, -0.15) is 0 Å². The lowest BCUT2D eigenvalue weighted by molar-refractivity contribution is -0.00428. The van der Waals surface area contributed by atoms with E-state index in [0.717, 1.165) is 63.6 Å². The lowest BCUT2D eigenvalue weighted by Crippen LogP contribution is -2.40.